The molecule has 0 aromatic carbocycles. The predicted octanol–water partition coefficient (Wildman–Crippen LogP) is 4.43. The van der Waals surface area contributed by atoms with E-state index in [1.165, 1.54) is 44.9 Å². The summed E-state index contributed by atoms with van der Waals surface area (Å²) in [6.07, 6.45) is 11.9. The quantitative estimate of drug-likeness (QED) is 0.387. The van der Waals surface area contributed by atoms with Gasteiger partial charge in [-0.15, -0.1) is 0 Å². The Morgan fingerprint density at radius 3 is 1.50 bits per heavy atom. The monoisotopic (exact) mass is 279 g/mol. The number of hydrogen-bond acceptors (Lipinski definition) is 3. The van der Waals surface area contributed by atoms with Gasteiger partial charge in [0.25, 0.3) is 0 Å². The predicted molar refractivity (Wildman–Crippen MR) is 79.5 cm³/mol. The van der Waals surface area contributed by atoms with Gasteiger partial charge in [0.2, 0.25) is 0 Å². The van der Waals surface area contributed by atoms with Crippen molar-refractivity contribution in [1.29, 1.82) is 0 Å². The van der Waals surface area contributed by atoms with Crippen molar-refractivity contribution < 1.29 is 14.7 Å². The van der Waals surface area contributed by atoms with Crippen molar-refractivity contribution >= 4 is 7.94 Å². The van der Waals surface area contributed by atoms with E-state index in [-0.39, 0.29) is 0 Å². The van der Waals surface area contributed by atoms with Gasteiger partial charge in [-0.3, -0.25) is 0 Å². The first kappa shape index (κ1) is 18.3. The largest absolute Gasteiger partial charge is 0.409 e. The van der Waals surface area contributed by atoms with E-state index in [9.17, 15) is 14.7 Å². The highest BCUT2D eigenvalue weighted by Gasteiger charge is 2.49. The van der Waals surface area contributed by atoms with E-state index in [1.54, 1.807) is 13.8 Å². The molecule has 0 saturated carbocycles. The molecular formula is C14H32O3P+. The number of rotatable bonds is 11. The smallest absolute Gasteiger partial charge is 0.192 e. The topological polar surface area (TPSA) is 60.7 Å². The van der Waals surface area contributed by atoms with Crippen LogP contribution in [0.15, 0.2) is 0 Å². The van der Waals surface area contributed by atoms with Gasteiger partial charge < -0.3 is 0 Å². The zero-order valence-corrected chi connectivity index (χ0v) is 13.3. The SMILES string of the molecule is CCCCCCCCCCCC(C)(C)[P+](O)(O)O. The van der Waals surface area contributed by atoms with E-state index >= 15 is 0 Å². The second-order valence-corrected chi connectivity index (χ2v) is 8.31. The van der Waals surface area contributed by atoms with E-state index in [2.05, 4.69) is 6.92 Å². The molecule has 3 nitrogen and oxygen atoms in total. The second kappa shape index (κ2) is 9.25. The number of hydrogen-bond donors (Lipinski definition) is 3. The first-order valence-electron chi connectivity index (χ1n) is 7.38. The fourth-order valence-electron chi connectivity index (χ4n) is 2.02. The van der Waals surface area contributed by atoms with Crippen molar-refractivity contribution in [3.05, 3.63) is 0 Å². The average Bonchev–Trinajstić information content (AvgIpc) is 2.25. The third kappa shape index (κ3) is 8.42. The molecule has 3 N–H and O–H groups in total. The fraction of sp³-hybridized carbons (Fsp3) is 1.00. The summed E-state index contributed by atoms with van der Waals surface area (Å²) in [6, 6.07) is 0. The Morgan fingerprint density at radius 2 is 1.11 bits per heavy atom. The van der Waals surface area contributed by atoms with Crippen molar-refractivity contribution in [2.75, 3.05) is 0 Å². The molecule has 0 aromatic heterocycles. The van der Waals surface area contributed by atoms with Crippen molar-refractivity contribution in [3.8, 4) is 0 Å². The third-order valence-corrected chi connectivity index (χ3v) is 5.55. The van der Waals surface area contributed by atoms with Gasteiger partial charge in [-0.1, -0.05) is 58.3 Å². The summed E-state index contributed by atoms with van der Waals surface area (Å²) in [5.74, 6) is 0. The highest BCUT2D eigenvalue weighted by Crippen LogP contribution is 2.59. The summed E-state index contributed by atoms with van der Waals surface area (Å²) in [6.45, 7) is 5.69. The molecule has 0 bridgehead atoms. The Kier molecular flexibility index (Phi) is 9.41. The third-order valence-electron chi connectivity index (χ3n) is 3.70. The Hall–Kier alpha value is 0.310. The molecule has 0 unspecified atom stereocenters. The van der Waals surface area contributed by atoms with Gasteiger partial charge in [-0.05, 0) is 26.7 Å². The number of unbranched alkanes of at least 4 members (excludes halogenated alkanes) is 8. The minimum Gasteiger partial charge on any atom is -0.192 e. The maximum absolute atomic E-state index is 9.29. The summed E-state index contributed by atoms with van der Waals surface area (Å²) in [5.41, 5.74) is 0. The van der Waals surface area contributed by atoms with Crippen molar-refractivity contribution in [1.82, 2.24) is 0 Å². The van der Waals surface area contributed by atoms with Gasteiger partial charge in [0.05, 0.1) is 0 Å². The van der Waals surface area contributed by atoms with E-state index < -0.39 is 13.1 Å². The summed E-state index contributed by atoms with van der Waals surface area (Å²) >= 11 is 0. The van der Waals surface area contributed by atoms with Crippen molar-refractivity contribution in [3.63, 3.8) is 0 Å². The van der Waals surface area contributed by atoms with Crippen LogP contribution < -0.4 is 0 Å². The maximum Gasteiger partial charge on any atom is 0.409 e. The lowest BCUT2D eigenvalue weighted by molar-refractivity contribution is 0.285. The molecule has 0 aliphatic heterocycles. The van der Waals surface area contributed by atoms with Crippen LogP contribution in [0.2, 0.25) is 0 Å². The minimum atomic E-state index is -3.69. The maximum atomic E-state index is 9.29. The standard InChI is InChI=1S/C14H32O3P/c1-4-5-6-7-8-9-10-11-12-13-14(2,3)18(15,16)17/h15-17H,4-13H2,1-3H3/q+1. The first-order valence-corrected chi connectivity index (χ1v) is 9.03. The molecule has 0 spiro atoms. The van der Waals surface area contributed by atoms with Gasteiger partial charge in [-0.2, -0.15) is 14.7 Å². The lowest BCUT2D eigenvalue weighted by Crippen LogP contribution is -2.23. The Labute approximate surface area is 113 Å². The molecule has 0 atom stereocenters. The molecule has 0 saturated heterocycles. The summed E-state index contributed by atoms with van der Waals surface area (Å²) < 4.78 is 0. The molecule has 4 heteroatoms. The van der Waals surface area contributed by atoms with Crippen LogP contribution in [0.4, 0.5) is 0 Å². The lowest BCUT2D eigenvalue weighted by Gasteiger charge is -2.23. The van der Waals surface area contributed by atoms with Gasteiger partial charge in [0.15, 0.2) is 5.16 Å². The van der Waals surface area contributed by atoms with Crippen LogP contribution in [0, 0.1) is 0 Å². The first-order chi connectivity index (χ1) is 8.31. The normalized spacial score (nSPS) is 13.0. The molecule has 0 radical (unpaired) electrons. The van der Waals surface area contributed by atoms with E-state index in [4.69, 9.17) is 0 Å². The fourth-order valence-corrected chi connectivity index (χ4v) is 2.48. The van der Waals surface area contributed by atoms with Gasteiger partial charge >= 0.3 is 7.94 Å². The van der Waals surface area contributed by atoms with Crippen LogP contribution in [-0.2, 0) is 0 Å². The highest BCUT2D eigenvalue weighted by molar-refractivity contribution is 7.60. The molecule has 0 fully saturated rings. The van der Waals surface area contributed by atoms with Crippen LogP contribution in [0.25, 0.3) is 0 Å². The zero-order valence-electron chi connectivity index (χ0n) is 12.4. The Balaban J connectivity index is 3.41. The average molecular weight is 279 g/mol. The van der Waals surface area contributed by atoms with Gasteiger partial charge in [0.1, 0.15) is 0 Å². The van der Waals surface area contributed by atoms with Crippen LogP contribution in [0.5, 0.6) is 0 Å². The molecule has 0 aliphatic rings. The molecular weight excluding hydrogens is 247 g/mol. The van der Waals surface area contributed by atoms with E-state index in [1.807, 2.05) is 0 Å². The lowest BCUT2D eigenvalue weighted by atomic mass is 10.0. The molecule has 18 heavy (non-hydrogen) atoms. The molecule has 0 aliphatic carbocycles. The highest BCUT2D eigenvalue weighted by atomic mass is 31.2. The van der Waals surface area contributed by atoms with E-state index in [0.717, 1.165) is 12.8 Å². The second-order valence-electron chi connectivity index (χ2n) is 5.96. The molecule has 0 aromatic rings. The molecule has 0 rings (SSSR count). The summed E-state index contributed by atoms with van der Waals surface area (Å²) in [5, 5.41) is -0.742. The van der Waals surface area contributed by atoms with Crippen LogP contribution >= 0.6 is 7.94 Å². The van der Waals surface area contributed by atoms with Gasteiger partial charge in [0, 0.05) is 0 Å². The van der Waals surface area contributed by atoms with Crippen molar-refractivity contribution in [2.24, 2.45) is 0 Å². The van der Waals surface area contributed by atoms with Crippen LogP contribution in [-0.4, -0.2) is 19.8 Å². The Bertz CT molecular complexity index is 200. The Morgan fingerprint density at radius 1 is 0.722 bits per heavy atom. The summed E-state index contributed by atoms with van der Waals surface area (Å²) in [4.78, 5) is 27.9. The van der Waals surface area contributed by atoms with Crippen LogP contribution in [0.1, 0.15) is 85.0 Å². The van der Waals surface area contributed by atoms with E-state index in [0.29, 0.717) is 6.42 Å². The minimum absolute atomic E-state index is 0.681. The molecule has 0 amide bonds. The molecule has 110 valence electrons. The summed E-state index contributed by atoms with van der Waals surface area (Å²) in [7, 11) is -3.69. The molecule has 0 heterocycles. The van der Waals surface area contributed by atoms with Gasteiger partial charge in [-0.25, -0.2) is 0 Å². The van der Waals surface area contributed by atoms with Crippen LogP contribution in [0.3, 0.4) is 0 Å². The van der Waals surface area contributed by atoms with Crippen molar-refractivity contribution in [2.45, 2.75) is 90.1 Å². The zero-order chi connectivity index (χ0) is 14.1.